The van der Waals surface area contributed by atoms with Gasteiger partial charge in [-0.05, 0) is 64.8 Å². The van der Waals surface area contributed by atoms with Crippen molar-refractivity contribution in [3.63, 3.8) is 0 Å². The lowest BCUT2D eigenvalue weighted by Crippen LogP contribution is -2.57. The van der Waals surface area contributed by atoms with Gasteiger partial charge in [-0.1, -0.05) is 11.6 Å². The van der Waals surface area contributed by atoms with Crippen LogP contribution in [0.4, 0.5) is 5.69 Å². The predicted octanol–water partition coefficient (Wildman–Crippen LogP) is 4.80. The lowest BCUT2D eigenvalue weighted by atomic mass is 9.68. The third-order valence-corrected chi connectivity index (χ3v) is 9.79. The summed E-state index contributed by atoms with van der Waals surface area (Å²) in [6.07, 6.45) is 3.55. The Balaban J connectivity index is 1.24. The van der Waals surface area contributed by atoms with E-state index in [1.54, 1.807) is 16.0 Å². The van der Waals surface area contributed by atoms with Gasteiger partial charge < -0.3 is 20.1 Å². The second-order valence-corrected chi connectivity index (χ2v) is 12.8. The number of nitrogens with one attached hydrogen (secondary N) is 1. The molecular formula is C29H33ClN4O4S. The first-order valence-electron chi connectivity index (χ1n) is 13.5. The number of hydrogen-bond donors (Lipinski definition) is 2. The first-order valence-corrected chi connectivity index (χ1v) is 14.7. The summed E-state index contributed by atoms with van der Waals surface area (Å²) in [5.41, 5.74) is 4.01. The maximum Gasteiger partial charge on any atom is 0.338 e. The molecule has 8 nitrogen and oxygen atoms in total. The van der Waals surface area contributed by atoms with Crippen LogP contribution in [0.3, 0.4) is 0 Å². The molecule has 2 unspecified atom stereocenters. The highest BCUT2D eigenvalue weighted by molar-refractivity contribution is 7.11. The van der Waals surface area contributed by atoms with E-state index in [1.807, 2.05) is 26.0 Å². The van der Waals surface area contributed by atoms with Crippen molar-refractivity contribution in [1.29, 1.82) is 0 Å². The molecule has 0 radical (unpaired) electrons. The van der Waals surface area contributed by atoms with E-state index in [-0.39, 0.29) is 22.9 Å². The van der Waals surface area contributed by atoms with Gasteiger partial charge in [0.05, 0.1) is 23.5 Å². The minimum absolute atomic E-state index is 0.0466. The SMILES string of the molecule is Cc1nc2c(c(=O)n1CCOc1ccc(Cl)cc1C1CC(C)Nc3c(C(=O)O)csc31)CC1(CC2)CN(C)C1. The van der Waals surface area contributed by atoms with Crippen LogP contribution >= 0.6 is 22.9 Å². The van der Waals surface area contributed by atoms with Crippen LogP contribution in [0.5, 0.6) is 5.75 Å². The van der Waals surface area contributed by atoms with Crippen molar-refractivity contribution in [1.82, 2.24) is 14.5 Å². The van der Waals surface area contributed by atoms with E-state index in [4.69, 9.17) is 21.3 Å². The number of hydrogen-bond acceptors (Lipinski definition) is 7. The summed E-state index contributed by atoms with van der Waals surface area (Å²) in [5, 5.41) is 15.3. The van der Waals surface area contributed by atoms with Crippen molar-refractivity contribution in [2.45, 2.75) is 58.0 Å². The fraction of sp³-hybridized carbons (Fsp3) is 0.483. The summed E-state index contributed by atoms with van der Waals surface area (Å²) in [5.74, 6) is 0.430. The van der Waals surface area contributed by atoms with E-state index in [0.717, 1.165) is 66.3 Å². The Bertz CT molecular complexity index is 1510. The number of fused-ring (bicyclic) bond motifs is 2. The molecule has 6 rings (SSSR count). The van der Waals surface area contributed by atoms with Crippen molar-refractivity contribution >= 4 is 34.6 Å². The van der Waals surface area contributed by atoms with E-state index < -0.39 is 5.97 Å². The summed E-state index contributed by atoms with van der Waals surface area (Å²) < 4.78 is 8.06. The summed E-state index contributed by atoms with van der Waals surface area (Å²) in [7, 11) is 2.13. The van der Waals surface area contributed by atoms with Crippen molar-refractivity contribution in [2.75, 3.05) is 32.1 Å². The number of aryl methyl sites for hydroxylation is 2. The van der Waals surface area contributed by atoms with E-state index in [1.165, 1.54) is 11.3 Å². The van der Waals surface area contributed by atoms with Crippen molar-refractivity contribution in [2.24, 2.45) is 5.41 Å². The van der Waals surface area contributed by atoms with Crippen LogP contribution in [-0.2, 0) is 19.4 Å². The Morgan fingerprint density at radius 2 is 2.15 bits per heavy atom. The first kappa shape index (κ1) is 26.3. The number of nitrogens with zero attached hydrogens (tertiary/aromatic N) is 3. The lowest BCUT2D eigenvalue weighted by molar-refractivity contribution is 0.00908. The van der Waals surface area contributed by atoms with Gasteiger partial charge in [0, 0.05) is 56.9 Å². The molecule has 0 saturated carbocycles. The first-order chi connectivity index (χ1) is 18.6. The minimum atomic E-state index is -0.940. The molecule has 1 fully saturated rings. The normalized spacial score (nSPS) is 21.5. The molecule has 2 atom stereocenters. The summed E-state index contributed by atoms with van der Waals surface area (Å²) >= 11 is 7.87. The molecule has 1 spiro atoms. The lowest BCUT2D eigenvalue weighted by Gasteiger charge is -2.51. The van der Waals surface area contributed by atoms with E-state index in [2.05, 4.69) is 17.3 Å². The monoisotopic (exact) mass is 568 g/mol. The molecule has 4 heterocycles. The molecule has 39 heavy (non-hydrogen) atoms. The highest BCUT2D eigenvalue weighted by Crippen LogP contribution is 2.47. The van der Waals surface area contributed by atoms with Gasteiger partial charge in [-0.25, -0.2) is 9.78 Å². The molecule has 1 aromatic carbocycles. The maximum atomic E-state index is 13.6. The van der Waals surface area contributed by atoms with Gasteiger partial charge >= 0.3 is 5.97 Å². The minimum Gasteiger partial charge on any atom is -0.491 e. The highest BCUT2D eigenvalue weighted by Gasteiger charge is 2.44. The van der Waals surface area contributed by atoms with Gasteiger partial charge in [-0.2, -0.15) is 0 Å². The van der Waals surface area contributed by atoms with Gasteiger partial charge in [0.1, 0.15) is 18.2 Å². The highest BCUT2D eigenvalue weighted by atomic mass is 35.5. The number of carboxylic acids is 1. The summed E-state index contributed by atoms with van der Waals surface area (Å²) in [4.78, 5) is 33.4. The molecule has 1 aliphatic carbocycles. The fourth-order valence-corrected chi connectivity index (χ4v) is 8.08. The Morgan fingerprint density at radius 1 is 1.36 bits per heavy atom. The molecule has 3 aromatic rings. The Morgan fingerprint density at radius 3 is 2.90 bits per heavy atom. The smallest absolute Gasteiger partial charge is 0.338 e. The van der Waals surface area contributed by atoms with Gasteiger partial charge in [0.2, 0.25) is 0 Å². The Labute approximate surface area is 236 Å². The summed E-state index contributed by atoms with van der Waals surface area (Å²) in [6.45, 7) is 6.73. The predicted molar refractivity (Wildman–Crippen MR) is 153 cm³/mol. The number of thiophene rings is 1. The van der Waals surface area contributed by atoms with Crippen LogP contribution in [0.1, 0.15) is 63.6 Å². The van der Waals surface area contributed by atoms with Crippen LogP contribution in [0.15, 0.2) is 28.4 Å². The van der Waals surface area contributed by atoms with Crippen molar-refractivity contribution < 1.29 is 14.6 Å². The third kappa shape index (κ3) is 4.74. The average Bonchev–Trinajstić information content (AvgIpc) is 3.30. The molecule has 2 N–H and O–H groups in total. The molecule has 206 valence electrons. The molecule has 0 amide bonds. The molecule has 10 heteroatoms. The molecule has 2 aliphatic heterocycles. The molecule has 1 saturated heterocycles. The second kappa shape index (κ2) is 9.94. The van der Waals surface area contributed by atoms with Gasteiger partial charge in [-0.3, -0.25) is 9.36 Å². The zero-order valence-electron chi connectivity index (χ0n) is 22.4. The number of ether oxygens (including phenoxy) is 1. The largest absolute Gasteiger partial charge is 0.491 e. The molecule has 0 bridgehead atoms. The van der Waals surface area contributed by atoms with Crippen LogP contribution < -0.4 is 15.6 Å². The van der Waals surface area contributed by atoms with Crippen LogP contribution in [0.25, 0.3) is 0 Å². The molecule has 2 aromatic heterocycles. The summed E-state index contributed by atoms with van der Waals surface area (Å²) in [6, 6.07) is 5.67. The van der Waals surface area contributed by atoms with E-state index in [9.17, 15) is 14.7 Å². The topological polar surface area (TPSA) is 96.7 Å². The second-order valence-electron chi connectivity index (χ2n) is 11.4. The van der Waals surface area contributed by atoms with Crippen molar-refractivity contribution in [3.05, 3.63) is 72.0 Å². The van der Waals surface area contributed by atoms with Gasteiger partial charge in [-0.15, -0.1) is 11.3 Å². The third-order valence-electron chi connectivity index (χ3n) is 8.46. The van der Waals surface area contributed by atoms with E-state index in [0.29, 0.717) is 35.2 Å². The average molecular weight is 569 g/mol. The Hall–Kier alpha value is -2.88. The van der Waals surface area contributed by atoms with Crippen LogP contribution in [0, 0.1) is 12.3 Å². The molecular weight excluding hydrogens is 536 g/mol. The number of anilines is 1. The standard InChI is InChI=1S/C29H33ClN4O4S/c1-16-10-20(26-25(31-16)22(13-39-26)28(36)37)19-11-18(30)4-5-24(19)38-9-8-34-17(2)32-23-6-7-29(14-33(3)15-29)12-21(23)27(34)35/h4-5,11,13,16,20,31H,6-10,12,14-15H2,1-3H3,(H,36,37). The maximum absolute atomic E-state index is 13.6. The number of carbonyl (C=O) groups is 1. The number of aromatic carboxylic acids is 1. The van der Waals surface area contributed by atoms with Gasteiger partial charge in [0.25, 0.3) is 5.56 Å². The number of aromatic nitrogens is 2. The van der Waals surface area contributed by atoms with Crippen LogP contribution in [0.2, 0.25) is 5.02 Å². The molecule has 3 aliphatic rings. The quantitative estimate of drug-likeness (QED) is 0.441. The number of carboxylic acid groups (broad SMARTS) is 1. The Kier molecular flexibility index (Phi) is 6.72. The zero-order valence-corrected chi connectivity index (χ0v) is 24.0. The zero-order chi connectivity index (χ0) is 27.5. The van der Waals surface area contributed by atoms with Crippen LogP contribution in [-0.4, -0.2) is 58.3 Å². The van der Waals surface area contributed by atoms with E-state index >= 15 is 0 Å². The fourth-order valence-electron chi connectivity index (χ4n) is 6.76. The number of rotatable bonds is 6. The number of likely N-dealkylation sites (tertiary alicyclic amines) is 1. The van der Waals surface area contributed by atoms with Crippen molar-refractivity contribution in [3.8, 4) is 5.75 Å². The number of benzene rings is 1. The van der Waals surface area contributed by atoms with Gasteiger partial charge in [0.15, 0.2) is 0 Å². The number of halogens is 1.